The van der Waals surface area contributed by atoms with Crippen molar-refractivity contribution in [2.75, 3.05) is 6.54 Å². The van der Waals surface area contributed by atoms with Crippen molar-refractivity contribution in [2.45, 2.75) is 45.1 Å². The van der Waals surface area contributed by atoms with E-state index in [4.69, 9.17) is 5.73 Å². The molecule has 4 heteroatoms. The number of nitrogens with one attached hydrogen (secondary N) is 1. The van der Waals surface area contributed by atoms with Crippen LogP contribution >= 0.6 is 0 Å². The predicted octanol–water partition coefficient (Wildman–Crippen LogP) is 2.09. The summed E-state index contributed by atoms with van der Waals surface area (Å²) < 4.78 is 0. The maximum atomic E-state index is 12.4. The number of nitrogens with zero attached hydrogens (tertiary/aromatic N) is 1. The third-order valence-corrected chi connectivity index (χ3v) is 4.11. The minimum absolute atomic E-state index is 0.128. The number of aromatic nitrogens is 1. The summed E-state index contributed by atoms with van der Waals surface area (Å²) in [6.07, 6.45) is 7.37. The summed E-state index contributed by atoms with van der Waals surface area (Å²) in [4.78, 5) is 16.5. The molecule has 0 spiro atoms. The van der Waals surface area contributed by atoms with E-state index in [9.17, 15) is 4.79 Å². The van der Waals surface area contributed by atoms with Gasteiger partial charge in [-0.15, -0.1) is 0 Å². The quantitative estimate of drug-likeness (QED) is 0.836. The van der Waals surface area contributed by atoms with Crippen molar-refractivity contribution in [3.63, 3.8) is 0 Å². The first-order chi connectivity index (χ1) is 10.2. The van der Waals surface area contributed by atoms with E-state index in [2.05, 4.69) is 29.1 Å². The van der Waals surface area contributed by atoms with Crippen LogP contribution < -0.4 is 11.1 Å². The Balaban J connectivity index is 2.01. The van der Waals surface area contributed by atoms with Crippen molar-refractivity contribution in [1.82, 2.24) is 10.3 Å². The van der Waals surface area contributed by atoms with Crippen LogP contribution in [-0.2, 0) is 0 Å². The van der Waals surface area contributed by atoms with Gasteiger partial charge in [-0.2, -0.15) is 0 Å². The molecule has 0 bridgehead atoms. The van der Waals surface area contributed by atoms with Crippen molar-refractivity contribution < 1.29 is 4.79 Å². The van der Waals surface area contributed by atoms with Gasteiger partial charge in [-0.1, -0.05) is 25.2 Å². The molecule has 0 atom stereocenters. The van der Waals surface area contributed by atoms with Crippen LogP contribution in [0.4, 0.5) is 0 Å². The molecule has 2 rings (SSSR count). The summed E-state index contributed by atoms with van der Waals surface area (Å²) in [5, 5.41) is 3.10. The van der Waals surface area contributed by atoms with Gasteiger partial charge >= 0.3 is 0 Å². The first kappa shape index (κ1) is 15.5. The molecule has 0 unspecified atom stereocenters. The second-order valence-corrected chi connectivity index (χ2v) is 5.50. The average Bonchev–Trinajstić information content (AvgIpc) is 2.54. The molecule has 0 aliphatic heterocycles. The number of rotatable bonds is 3. The third kappa shape index (κ3) is 4.30. The average molecular weight is 285 g/mol. The molecular weight excluding hydrogens is 262 g/mol. The van der Waals surface area contributed by atoms with Crippen LogP contribution in [0, 0.1) is 17.8 Å². The summed E-state index contributed by atoms with van der Waals surface area (Å²) in [6.45, 7) is 2.51. The lowest BCUT2D eigenvalue weighted by Gasteiger charge is -2.28. The van der Waals surface area contributed by atoms with Gasteiger partial charge in [0.25, 0.3) is 5.91 Å². The summed E-state index contributed by atoms with van der Waals surface area (Å²) >= 11 is 0. The normalized spacial score (nSPS) is 21.2. The van der Waals surface area contributed by atoms with Gasteiger partial charge in [0.1, 0.15) is 5.69 Å². The molecule has 3 N–H and O–H groups in total. The van der Waals surface area contributed by atoms with E-state index < -0.39 is 0 Å². The zero-order valence-electron chi connectivity index (χ0n) is 12.6. The van der Waals surface area contributed by atoms with Crippen LogP contribution in [0.25, 0.3) is 0 Å². The van der Waals surface area contributed by atoms with Gasteiger partial charge in [0.15, 0.2) is 0 Å². The second-order valence-electron chi connectivity index (χ2n) is 5.50. The van der Waals surface area contributed by atoms with Gasteiger partial charge in [-0.3, -0.25) is 4.79 Å². The van der Waals surface area contributed by atoms with E-state index in [1.807, 2.05) is 0 Å². The number of hydrogen-bond acceptors (Lipinski definition) is 3. The number of nitrogens with two attached hydrogens (primary N) is 1. The van der Waals surface area contributed by atoms with Crippen LogP contribution in [0.15, 0.2) is 18.3 Å². The first-order valence-corrected chi connectivity index (χ1v) is 7.69. The van der Waals surface area contributed by atoms with Gasteiger partial charge in [-0.05, 0) is 43.7 Å². The zero-order chi connectivity index (χ0) is 15.1. The molecule has 1 amide bonds. The minimum atomic E-state index is -0.128. The summed E-state index contributed by atoms with van der Waals surface area (Å²) in [6, 6.07) is 3.85. The van der Waals surface area contributed by atoms with Crippen LogP contribution in [0.2, 0.25) is 0 Å². The number of amides is 1. The lowest BCUT2D eigenvalue weighted by molar-refractivity contribution is 0.0916. The molecule has 1 fully saturated rings. The Hall–Kier alpha value is -1.86. The Kier molecular flexibility index (Phi) is 5.77. The third-order valence-electron chi connectivity index (χ3n) is 4.11. The molecule has 1 aromatic heterocycles. The van der Waals surface area contributed by atoms with Gasteiger partial charge in [0.2, 0.25) is 0 Å². The van der Waals surface area contributed by atoms with Crippen molar-refractivity contribution in [3.05, 3.63) is 29.6 Å². The first-order valence-electron chi connectivity index (χ1n) is 7.69. The Morgan fingerprint density at radius 1 is 1.43 bits per heavy atom. The van der Waals surface area contributed by atoms with Crippen LogP contribution in [0.1, 0.15) is 55.1 Å². The number of carbonyl (C=O) groups excluding carboxylic acids is 1. The number of pyridine rings is 1. The smallest absolute Gasteiger partial charge is 0.271 e. The lowest BCUT2D eigenvalue weighted by Crippen LogP contribution is -2.38. The van der Waals surface area contributed by atoms with Gasteiger partial charge in [0, 0.05) is 12.2 Å². The summed E-state index contributed by atoms with van der Waals surface area (Å²) in [5.41, 5.74) is 6.42. The topological polar surface area (TPSA) is 68.0 Å². The van der Waals surface area contributed by atoms with Crippen LogP contribution in [0.5, 0.6) is 0 Å². The minimum Gasteiger partial charge on any atom is -0.348 e. The highest BCUT2D eigenvalue weighted by Crippen LogP contribution is 2.26. The molecule has 1 heterocycles. The highest BCUT2D eigenvalue weighted by atomic mass is 16.1. The fraction of sp³-hybridized carbons (Fsp3) is 0.529. The van der Waals surface area contributed by atoms with Gasteiger partial charge < -0.3 is 11.1 Å². The Labute approximate surface area is 126 Å². The SMILES string of the molecule is CCC1CCC(NC(=O)c2ncccc2C#CCN)CC1. The van der Waals surface area contributed by atoms with E-state index >= 15 is 0 Å². The number of carbonyl (C=O) groups is 1. The molecule has 1 aliphatic rings. The largest absolute Gasteiger partial charge is 0.348 e. The predicted molar refractivity (Wildman–Crippen MR) is 83.7 cm³/mol. The van der Waals surface area contributed by atoms with Crippen molar-refractivity contribution in [2.24, 2.45) is 11.7 Å². The number of hydrogen-bond donors (Lipinski definition) is 2. The molecule has 112 valence electrons. The van der Waals surface area contributed by atoms with Crippen molar-refractivity contribution in [3.8, 4) is 11.8 Å². The maximum Gasteiger partial charge on any atom is 0.271 e. The molecular formula is C17H23N3O. The van der Waals surface area contributed by atoms with Crippen LogP contribution in [0.3, 0.4) is 0 Å². The maximum absolute atomic E-state index is 12.4. The van der Waals surface area contributed by atoms with Crippen molar-refractivity contribution >= 4 is 5.91 Å². The molecule has 21 heavy (non-hydrogen) atoms. The Morgan fingerprint density at radius 2 is 2.19 bits per heavy atom. The monoisotopic (exact) mass is 285 g/mol. The highest BCUT2D eigenvalue weighted by Gasteiger charge is 2.22. The fourth-order valence-electron chi connectivity index (χ4n) is 2.80. The Morgan fingerprint density at radius 3 is 2.86 bits per heavy atom. The molecule has 4 nitrogen and oxygen atoms in total. The Bertz CT molecular complexity index is 536. The molecule has 0 saturated heterocycles. The second kappa shape index (κ2) is 7.80. The molecule has 1 saturated carbocycles. The van der Waals surface area contributed by atoms with E-state index in [-0.39, 0.29) is 18.5 Å². The molecule has 0 aromatic carbocycles. The van der Waals surface area contributed by atoms with E-state index in [1.54, 1.807) is 18.3 Å². The zero-order valence-corrected chi connectivity index (χ0v) is 12.6. The summed E-state index contributed by atoms with van der Waals surface area (Å²) in [5.74, 6) is 6.37. The van der Waals surface area contributed by atoms with E-state index in [0.717, 1.165) is 18.8 Å². The molecule has 1 aromatic rings. The van der Waals surface area contributed by atoms with Crippen molar-refractivity contribution in [1.29, 1.82) is 0 Å². The van der Waals surface area contributed by atoms with Gasteiger partial charge in [-0.25, -0.2) is 4.98 Å². The molecule has 1 aliphatic carbocycles. The van der Waals surface area contributed by atoms with Gasteiger partial charge in [0.05, 0.1) is 12.1 Å². The highest BCUT2D eigenvalue weighted by molar-refractivity contribution is 5.94. The standard InChI is InChI=1S/C17H23N3O/c1-2-13-7-9-15(10-8-13)20-17(21)16-14(5-3-11-18)6-4-12-19-16/h4,6,12-13,15H,2,7-11,18H2,1H3,(H,20,21). The van der Waals surface area contributed by atoms with E-state index in [1.165, 1.54) is 19.3 Å². The lowest BCUT2D eigenvalue weighted by atomic mass is 9.84. The van der Waals surface area contributed by atoms with Crippen LogP contribution in [-0.4, -0.2) is 23.5 Å². The molecule has 0 radical (unpaired) electrons. The van der Waals surface area contributed by atoms with E-state index in [0.29, 0.717) is 11.3 Å². The summed E-state index contributed by atoms with van der Waals surface area (Å²) in [7, 11) is 0. The fourth-order valence-corrected chi connectivity index (χ4v) is 2.80.